The molecule has 6 nitrogen and oxygen atoms in total. The van der Waals surface area contributed by atoms with Crippen molar-refractivity contribution in [2.24, 2.45) is 0 Å². The van der Waals surface area contributed by atoms with E-state index < -0.39 is 5.97 Å². The molecule has 0 aromatic carbocycles. The number of hydrogen-bond donors (Lipinski definition) is 1. The van der Waals surface area contributed by atoms with Crippen LogP contribution in [0.4, 0.5) is 0 Å². The van der Waals surface area contributed by atoms with E-state index in [9.17, 15) is 4.79 Å². The van der Waals surface area contributed by atoms with Crippen LogP contribution in [0.25, 0.3) is 0 Å². The van der Waals surface area contributed by atoms with Crippen molar-refractivity contribution in [3.05, 3.63) is 11.9 Å². The number of nitrogens with zero attached hydrogens (tertiary/aromatic N) is 3. The number of hydrogen-bond acceptors (Lipinski definition) is 4. The molecule has 82 valence electrons. The van der Waals surface area contributed by atoms with Crippen LogP contribution in [0.3, 0.4) is 0 Å². The highest BCUT2D eigenvalue weighted by Crippen LogP contribution is 2.19. The van der Waals surface area contributed by atoms with Crippen molar-refractivity contribution in [1.29, 1.82) is 0 Å². The van der Waals surface area contributed by atoms with Crippen molar-refractivity contribution in [3.8, 4) is 0 Å². The summed E-state index contributed by atoms with van der Waals surface area (Å²) in [7, 11) is 0. The summed E-state index contributed by atoms with van der Waals surface area (Å²) >= 11 is 0. The van der Waals surface area contributed by atoms with Crippen LogP contribution in [0.5, 0.6) is 0 Å². The Labute approximate surface area is 86.8 Å². The maximum absolute atomic E-state index is 10.6. The average Bonchev–Trinajstić information content (AvgIpc) is 2.76. The molecule has 1 saturated heterocycles. The molecule has 1 N–H and O–H groups in total. The van der Waals surface area contributed by atoms with E-state index in [1.54, 1.807) is 0 Å². The van der Waals surface area contributed by atoms with E-state index in [4.69, 9.17) is 9.84 Å². The Morgan fingerprint density at radius 1 is 1.73 bits per heavy atom. The van der Waals surface area contributed by atoms with Crippen molar-refractivity contribution < 1.29 is 14.6 Å². The first-order valence-corrected chi connectivity index (χ1v) is 4.94. The minimum absolute atomic E-state index is 0.0268. The van der Waals surface area contributed by atoms with Gasteiger partial charge in [0.15, 0.2) is 5.69 Å². The van der Waals surface area contributed by atoms with Gasteiger partial charge in [0.25, 0.3) is 0 Å². The van der Waals surface area contributed by atoms with Crippen molar-refractivity contribution >= 4 is 5.97 Å². The van der Waals surface area contributed by atoms with E-state index in [0.717, 1.165) is 12.8 Å². The van der Waals surface area contributed by atoms with Gasteiger partial charge in [0.05, 0.1) is 24.9 Å². The molecule has 0 bridgehead atoms. The van der Waals surface area contributed by atoms with E-state index in [-0.39, 0.29) is 17.9 Å². The Bertz CT molecular complexity index is 363. The number of carbonyl (C=O) groups is 1. The highest BCUT2D eigenvalue weighted by atomic mass is 16.5. The van der Waals surface area contributed by atoms with Crippen molar-refractivity contribution in [2.75, 3.05) is 0 Å². The lowest BCUT2D eigenvalue weighted by molar-refractivity contribution is 0.0433. The highest BCUT2D eigenvalue weighted by molar-refractivity contribution is 5.84. The van der Waals surface area contributed by atoms with Crippen LogP contribution in [0, 0.1) is 0 Å². The Morgan fingerprint density at radius 2 is 2.53 bits per heavy atom. The second-order valence-corrected chi connectivity index (χ2v) is 3.78. The fraction of sp³-hybridized carbons (Fsp3) is 0.667. The first-order chi connectivity index (χ1) is 7.15. The van der Waals surface area contributed by atoms with Crippen LogP contribution in [-0.4, -0.2) is 38.3 Å². The molecule has 0 saturated carbocycles. The fourth-order valence-corrected chi connectivity index (χ4v) is 1.71. The SMILES string of the molecule is CC1CCC(Cn2cc(C(=O)O)nn2)O1. The second kappa shape index (κ2) is 3.98. The van der Waals surface area contributed by atoms with Gasteiger partial charge in [-0.2, -0.15) is 0 Å². The minimum Gasteiger partial charge on any atom is -0.476 e. The summed E-state index contributed by atoms with van der Waals surface area (Å²) in [6.07, 6.45) is 3.88. The first kappa shape index (κ1) is 10.1. The normalized spacial score (nSPS) is 25.7. The summed E-state index contributed by atoms with van der Waals surface area (Å²) < 4.78 is 7.12. The molecular formula is C9H13N3O3. The zero-order valence-electron chi connectivity index (χ0n) is 8.46. The van der Waals surface area contributed by atoms with Gasteiger partial charge in [-0.15, -0.1) is 5.10 Å². The first-order valence-electron chi connectivity index (χ1n) is 4.94. The van der Waals surface area contributed by atoms with Crippen LogP contribution in [0.2, 0.25) is 0 Å². The van der Waals surface area contributed by atoms with Gasteiger partial charge in [0, 0.05) is 0 Å². The lowest BCUT2D eigenvalue weighted by Crippen LogP contribution is -2.16. The molecule has 1 aliphatic heterocycles. The van der Waals surface area contributed by atoms with Crippen molar-refractivity contribution in [2.45, 2.75) is 38.5 Å². The number of ether oxygens (including phenoxy) is 1. The molecule has 2 rings (SSSR count). The largest absolute Gasteiger partial charge is 0.476 e. The average molecular weight is 211 g/mol. The van der Waals surface area contributed by atoms with E-state index in [0.29, 0.717) is 6.54 Å². The molecule has 0 amide bonds. The molecule has 1 aromatic heterocycles. The van der Waals surface area contributed by atoms with E-state index in [1.165, 1.54) is 10.9 Å². The van der Waals surface area contributed by atoms with Crippen LogP contribution in [0.1, 0.15) is 30.3 Å². The monoisotopic (exact) mass is 211 g/mol. The van der Waals surface area contributed by atoms with Crippen LogP contribution in [0.15, 0.2) is 6.20 Å². The standard InChI is InChI=1S/C9H13N3O3/c1-6-2-3-7(15-6)4-12-5-8(9(13)14)10-11-12/h5-7H,2-4H2,1H3,(H,13,14). The predicted octanol–water partition coefficient (Wildman–Crippen LogP) is 0.544. The predicted molar refractivity (Wildman–Crippen MR) is 50.6 cm³/mol. The lowest BCUT2D eigenvalue weighted by atomic mass is 10.2. The third kappa shape index (κ3) is 2.33. The van der Waals surface area contributed by atoms with Gasteiger partial charge >= 0.3 is 5.97 Å². The molecule has 1 aliphatic rings. The maximum Gasteiger partial charge on any atom is 0.358 e. The number of aromatic nitrogens is 3. The summed E-state index contributed by atoms with van der Waals surface area (Å²) in [4.78, 5) is 10.6. The van der Waals surface area contributed by atoms with E-state index in [1.807, 2.05) is 6.92 Å². The van der Waals surface area contributed by atoms with Gasteiger partial charge in [-0.3, -0.25) is 0 Å². The molecule has 15 heavy (non-hydrogen) atoms. The van der Waals surface area contributed by atoms with E-state index in [2.05, 4.69) is 10.3 Å². The summed E-state index contributed by atoms with van der Waals surface area (Å²) in [5, 5.41) is 15.9. The van der Waals surface area contributed by atoms with Crippen molar-refractivity contribution in [1.82, 2.24) is 15.0 Å². The van der Waals surface area contributed by atoms with Gasteiger partial charge in [0.2, 0.25) is 0 Å². The highest BCUT2D eigenvalue weighted by Gasteiger charge is 2.22. The molecule has 1 fully saturated rings. The Morgan fingerprint density at radius 3 is 3.07 bits per heavy atom. The van der Waals surface area contributed by atoms with Gasteiger partial charge in [0.1, 0.15) is 0 Å². The molecule has 2 heterocycles. The smallest absolute Gasteiger partial charge is 0.358 e. The third-order valence-corrected chi connectivity index (χ3v) is 2.47. The van der Waals surface area contributed by atoms with Crippen LogP contribution < -0.4 is 0 Å². The third-order valence-electron chi connectivity index (χ3n) is 2.47. The Hall–Kier alpha value is -1.43. The zero-order valence-corrected chi connectivity index (χ0v) is 8.46. The van der Waals surface area contributed by atoms with Crippen LogP contribution >= 0.6 is 0 Å². The van der Waals surface area contributed by atoms with Gasteiger partial charge < -0.3 is 9.84 Å². The number of carboxylic acids is 1. The lowest BCUT2D eigenvalue weighted by Gasteiger charge is -2.09. The molecule has 0 radical (unpaired) electrons. The molecule has 1 aromatic rings. The maximum atomic E-state index is 10.6. The molecule has 0 aliphatic carbocycles. The molecule has 2 atom stereocenters. The molecular weight excluding hydrogens is 198 g/mol. The number of carboxylic acid groups (broad SMARTS) is 1. The number of aromatic carboxylic acids is 1. The van der Waals surface area contributed by atoms with E-state index >= 15 is 0 Å². The Balaban J connectivity index is 1.96. The van der Waals surface area contributed by atoms with Crippen LogP contribution in [-0.2, 0) is 11.3 Å². The van der Waals surface area contributed by atoms with Gasteiger partial charge in [-0.05, 0) is 19.8 Å². The molecule has 0 spiro atoms. The zero-order chi connectivity index (χ0) is 10.8. The topological polar surface area (TPSA) is 77.2 Å². The summed E-state index contributed by atoms with van der Waals surface area (Å²) in [6.45, 7) is 2.61. The van der Waals surface area contributed by atoms with Gasteiger partial charge in [-0.1, -0.05) is 5.21 Å². The number of rotatable bonds is 3. The fourth-order valence-electron chi connectivity index (χ4n) is 1.71. The molecule has 6 heteroatoms. The minimum atomic E-state index is -1.05. The summed E-state index contributed by atoms with van der Waals surface area (Å²) in [5.74, 6) is -1.05. The molecule has 2 unspecified atom stereocenters. The van der Waals surface area contributed by atoms with Gasteiger partial charge in [-0.25, -0.2) is 9.48 Å². The Kier molecular flexibility index (Phi) is 2.68. The summed E-state index contributed by atoms with van der Waals surface area (Å²) in [5.41, 5.74) is -0.0268. The second-order valence-electron chi connectivity index (χ2n) is 3.78. The van der Waals surface area contributed by atoms with Crippen molar-refractivity contribution in [3.63, 3.8) is 0 Å². The quantitative estimate of drug-likeness (QED) is 0.789. The summed E-state index contributed by atoms with van der Waals surface area (Å²) in [6, 6.07) is 0.